The van der Waals surface area contributed by atoms with E-state index in [1.165, 1.54) is 11.3 Å². The normalized spacial score (nSPS) is 16.5. The lowest BCUT2D eigenvalue weighted by atomic mass is 10.2. The number of hydrogen-bond acceptors (Lipinski definition) is 5. The lowest BCUT2D eigenvalue weighted by Gasteiger charge is -2.36. The van der Waals surface area contributed by atoms with Crippen LogP contribution in [-0.2, 0) is 4.79 Å². The highest BCUT2D eigenvalue weighted by atomic mass is 16.5. The second-order valence-electron chi connectivity index (χ2n) is 8.10. The Morgan fingerprint density at radius 1 is 0.875 bits per heavy atom. The third kappa shape index (κ3) is 4.44. The Hall–Kier alpha value is -3.42. The molecule has 2 heterocycles. The topological polar surface area (TPSA) is 65.6 Å². The van der Waals surface area contributed by atoms with Crippen LogP contribution >= 0.6 is 0 Å². The minimum atomic E-state index is -0.163. The predicted octanol–water partition coefficient (Wildman–Crippen LogP) is 2.60. The van der Waals surface area contributed by atoms with Crippen molar-refractivity contribution in [3.8, 4) is 11.5 Å². The van der Waals surface area contributed by atoms with E-state index in [2.05, 4.69) is 36.1 Å². The first kappa shape index (κ1) is 21.8. The standard InChI is InChI=1S/C24H30N4O4/c1-18-5-4-6-19(15-18)25-9-11-26(12-10-25)23(29)17-27-13-14-28(24(27)30)20-7-8-21(31-2)22(16-20)32-3/h4-8,15-16H,9-14,17H2,1-3H3. The lowest BCUT2D eigenvalue weighted by molar-refractivity contribution is -0.131. The van der Waals surface area contributed by atoms with E-state index in [1.807, 2.05) is 11.0 Å². The van der Waals surface area contributed by atoms with Crippen LogP contribution in [0.4, 0.5) is 16.2 Å². The SMILES string of the molecule is COc1ccc(N2CCN(CC(=O)N3CCN(c4cccc(C)c4)CC3)C2=O)cc1OC. The first-order valence-electron chi connectivity index (χ1n) is 10.9. The molecule has 0 bridgehead atoms. The summed E-state index contributed by atoms with van der Waals surface area (Å²) in [7, 11) is 3.14. The van der Waals surface area contributed by atoms with Crippen LogP contribution in [0.25, 0.3) is 0 Å². The predicted molar refractivity (Wildman–Crippen MR) is 124 cm³/mol. The first-order valence-corrected chi connectivity index (χ1v) is 10.9. The largest absolute Gasteiger partial charge is 0.493 e. The second-order valence-corrected chi connectivity index (χ2v) is 8.10. The van der Waals surface area contributed by atoms with E-state index in [1.54, 1.807) is 36.2 Å². The Morgan fingerprint density at radius 2 is 1.62 bits per heavy atom. The average molecular weight is 439 g/mol. The fraction of sp³-hybridized carbons (Fsp3) is 0.417. The van der Waals surface area contributed by atoms with Gasteiger partial charge in [-0.05, 0) is 36.8 Å². The Labute approximate surface area is 188 Å². The Morgan fingerprint density at radius 3 is 2.31 bits per heavy atom. The summed E-state index contributed by atoms with van der Waals surface area (Å²) in [6, 6.07) is 13.7. The Bertz CT molecular complexity index is 988. The van der Waals surface area contributed by atoms with E-state index in [-0.39, 0.29) is 18.5 Å². The van der Waals surface area contributed by atoms with Crippen molar-refractivity contribution in [2.45, 2.75) is 6.92 Å². The van der Waals surface area contributed by atoms with Gasteiger partial charge >= 0.3 is 6.03 Å². The van der Waals surface area contributed by atoms with Crippen molar-refractivity contribution in [3.63, 3.8) is 0 Å². The maximum Gasteiger partial charge on any atom is 0.325 e. The van der Waals surface area contributed by atoms with Gasteiger partial charge in [-0.25, -0.2) is 4.79 Å². The third-order valence-corrected chi connectivity index (χ3v) is 6.10. The number of methoxy groups -OCH3 is 2. The molecule has 8 heteroatoms. The molecular formula is C24H30N4O4. The molecule has 2 aliphatic heterocycles. The zero-order valence-corrected chi connectivity index (χ0v) is 18.9. The van der Waals surface area contributed by atoms with Crippen LogP contribution in [0.3, 0.4) is 0 Å². The number of piperazine rings is 1. The average Bonchev–Trinajstić information content (AvgIpc) is 3.18. The van der Waals surface area contributed by atoms with E-state index in [0.717, 1.165) is 18.8 Å². The quantitative estimate of drug-likeness (QED) is 0.694. The summed E-state index contributed by atoms with van der Waals surface area (Å²) in [5.74, 6) is 1.18. The fourth-order valence-electron chi connectivity index (χ4n) is 4.26. The summed E-state index contributed by atoms with van der Waals surface area (Å²) in [6.07, 6.45) is 0. The number of hydrogen-bond donors (Lipinski definition) is 0. The number of nitrogens with zero attached hydrogens (tertiary/aromatic N) is 4. The van der Waals surface area contributed by atoms with Gasteiger partial charge in [-0.2, -0.15) is 0 Å². The number of carbonyl (C=O) groups excluding carboxylic acids is 2. The molecule has 32 heavy (non-hydrogen) atoms. The molecule has 0 N–H and O–H groups in total. The second kappa shape index (κ2) is 9.38. The van der Waals surface area contributed by atoms with Crippen LogP contribution < -0.4 is 19.3 Å². The number of amides is 3. The van der Waals surface area contributed by atoms with Crippen molar-refractivity contribution in [1.82, 2.24) is 9.80 Å². The number of aryl methyl sites for hydroxylation is 1. The van der Waals surface area contributed by atoms with Crippen LogP contribution in [-0.4, -0.2) is 81.8 Å². The molecule has 4 rings (SSSR count). The van der Waals surface area contributed by atoms with Gasteiger partial charge in [0.1, 0.15) is 6.54 Å². The van der Waals surface area contributed by atoms with Gasteiger partial charge < -0.3 is 24.2 Å². The number of ether oxygens (including phenoxy) is 2. The van der Waals surface area contributed by atoms with Gasteiger partial charge in [-0.15, -0.1) is 0 Å². The van der Waals surface area contributed by atoms with E-state index < -0.39 is 0 Å². The highest BCUT2D eigenvalue weighted by Crippen LogP contribution is 2.32. The molecule has 0 atom stereocenters. The van der Waals surface area contributed by atoms with Crippen molar-refractivity contribution in [2.24, 2.45) is 0 Å². The van der Waals surface area contributed by atoms with Gasteiger partial charge in [0.25, 0.3) is 0 Å². The molecular weight excluding hydrogens is 408 g/mol. The Kier molecular flexibility index (Phi) is 6.39. The zero-order valence-electron chi connectivity index (χ0n) is 18.9. The molecule has 0 radical (unpaired) electrons. The lowest BCUT2D eigenvalue weighted by Crippen LogP contribution is -2.51. The molecule has 0 spiro atoms. The smallest absolute Gasteiger partial charge is 0.325 e. The van der Waals surface area contributed by atoms with Gasteiger partial charge in [0.15, 0.2) is 11.5 Å². The molecule has 2 aromatic rings. The maximum absolute atomic E-state index is 12.9. The van der Waals surface area contributed by atoms with Crippen LogP contribution in [0, 0.1) is 6.92 Å². The number of urea groups is 1. The molecule has 0 aromatic heterocycles. The zero-order chi connectivity index (χ0) is 22.7. The summed E-state index contributed by atoms with van der Waals surface area (Å²) < 4.78 is 10.6. The summed E-state index contributed by atoms with van der Waals surface area (Å²) in [4.78, 5) is 33.3. The monoisotopic (exact) mass is 438 g/mol. The molecule has 2 saturated heterocycles. The van der Waals surface area contributed by atoms with Gasteiger partial charge in [0.05, 0.1) is 14.2 Å². The van der Waals surface area contributed by atoms with E-state index >= 15 is 0 Å². The Balaban J connectivity index is 1.33. The first-order chi connectivity index (χ1) is 15.5. The molecule has 170 valence electrons. The van der Waals surface area contributed by atoms with E-state index in [0.29, 0.717) is 37.7 Å². The minimum absolute atomic E-state index is 0.00333. The molecule has 0 unspecified atom stereocenters. The van der Waals surface area contributed by atoms with E-state index in [4.69, 9.17) is 9.47 Å². The third-order valence-electron chi connectivity index (χ3n) is 6.10. The highest BCUT2D eigenvalue weighted by molar-refractivity contribution is 5.96. The molecule has 2 fully saturated rings. The van der Waals surface area contributed by atoms with Crippen molar-refractivity contribution in [3.05, 3.63) is 48.0 Å². The van der Waals surface area contributed by atoms with Gasteiger partial charge in [-0.3, -0.25) is 9.69 Å². The number of anilines is 2. The van der Waals surface area contributed by atoms with Crippen LogP contribution in [0.1, 0.15) is 5.56 Å². The fourth-order valence-corrected chi connectivity index (χ4v) is 4.26. The van der Waals surface area contributed by atoms with Crippen LogP contribution in [0.2, 0.25) is 0 Å². The van der Waals surface area contributed by atoms with Crippen LogP contribution in [0.5, 0.6) is 11.5 Å². The van der Waals surface area contributed by atoms with Crippen molar-refractivity contribution in [2.75, 3.05) is 69.8 Å². The van der Waals surface area contributed by atoms with Crippen molar-refractivity contribution in [1.29, 1.82) is 0 Å². The number of carbonyl (C=O) groups is 2. The molecule has 2 aromatic carbocycles. The summed E-state index contributed by atoms with van der Waals surface area (Å²) in [5.41, 5.74) is 3.15. The van der Waals surface area contributed by atoms with Gasteiger partial charge in [0.2, 0.25) is 5.91 Å². The maximum atomic E-state index is 12.9. The molecule has 2 aliphatic rings. The van der Waals surface area contributed by atoms with Crippen molar-refractivity contribution >= 4 is 23.3 Å². The van der Waals surface area contributed by atoms with Gasteiger partial charge in [-0.1, -0.05) is 12.1 Å². The number of rotatable bonds is 6. The number of benzene rings is 2. The van der Waals surface area contributed by atoms with Crippen LogP contribution in [0.15, 0.2) is 42.5 Å². The van der Waals surface area contributed by atoms with E-state index in [9.17, 15) is 9.59 Å². The molecule has 0 saturated carbocycles. The van der Waals surface area contributed by atoms with Crippen molar-refractivity contribution < 1.29 is 19.1 Å². The highest BCUT2D eigenvalue weighted by Gasteiger charge is 2.33. The summed E-state index contributed by atoms with van der Waals surface area (Å²) >= 11 is 0. The molecule has 8 nitrogen and oxygen atoms in total. The summed E-state index contributed by atoms with van der Waals surface area (Å²) in [5, 5.41) is 0. The van der Waals surface area contributed by atoms with Gasteiger partial charge in [0, 0.05) is 56.7 Å². The molecule has 0 aliphatic carbocycles. The minimum Gasteiger partial charge on any atom is -0.493 e. The molecule has 3 amide bonds. The summed E-state index contributed by atoms with van der Waals surface area (Å²) in [6.45, 7) is 6.14.